The lowest BCUT2D eigenvalue weighted by atomic mass is 10.1. The normalized spacial score (nSPS) is 12.7. The number of aromatic nitrogens is 1. The summed E-state index contributed by atoms with van der Waals surface area (Å²) in [6.07, 6.45) is 2.60. The van der Waals surface area contributed by atoms with Crippen LogP contribution in [-0.2, 0) is 6.42 Å². The summed E-state index contributed by atoms with van der Waals surface area (Å²) in [7, 11) is 0. The molecule has 0 aliphatic rings. The Morgan fingerprint density at radius 2 is 2.18 bits per heavy atom. The van der Waals surface area contributed by atoms with Crippen molar-refractivity contribution in [3.8, 4) is 0 Å². The number of pyridine rings is 1. The molecular weight excluding hydrogens is 296 g/mol. The quantitative estimate of drug-likeness (QED) is 0.937. The zero-order valence-corrected chi connectivity index (χ0v) is 12.3. The van der Waals surface area contributed by atoms with Crippen LogP contribution in [0.4, 0.5) is 0 Å². The van der Waals surface area contributed by atoms with E-state index in [0.717, 1.165) is 16.6 Å². The van der Waals surface area contributed by atoms with Crippen molar-refractivity contribution in [3.05, 3.63) is 49.9 Å². The fourth-order valence-corrected chi connectivity index (χ4v) is 2.92. The van der Waals surface area contributed by atoms with Crippen molar-refractivity contribution in [1.29, 1.82) is 0 Å². The molecule has 2 nitrogen and oxygen atoms in total. The highest BCUT2D eigenvalue weighted by Gasteiger charge is 2.11. The Balaban J connectivity index is 2.11. The van der Waals surface area contributed by atoms with Crippen LogP contribution >= 0.6 is 27.3 Å². The van der Waals surface area contributed by atoms with Gasteiger partial charge in [-0.05, 0) is 53.5 Å². The summed E-state index contributed by atoms with van der Waals surface area (Å²) >= 11 is 5.16. The summed E-state index contributed by atoms with van der Waals surface area (Å²) in [5.74, 6) is 0. The van der Waals surface area contributed by atoms with Crippen molar-refractivity contribution in [2.24, 2.45) is 5.73 Å². The van der Waals surface area contributed by atoms with Gasteiger partial charge < -0.3 is 5.73 Å². The number of nitrogens with zero attached hydrogens (tertiary/aromatic N) is 1. The molecule has 0 fully saturated rings. The molecule has 4 heteroatoms. The third-order valence-electron chi connectivity index (χ3n) is 2.77. The second kappa shape index (κ2) is 5.29. The van der Waals surface area contributed by atoms with Gasteiger partial charge in [0.2, 0.25) is 0 Å². The standard InChI is InChI=1S/C13H15BrN2S/c1-8-5-13(17-9(8)2)12(15)6-11-4-3-10(14)7-16-11/h3-5,7,12H,6,15H2,1-2H3. The number of rotatable bonds is 3. The van der Waals surface area contributed by atoms with E-state index < -0.39 is 0 Å². The zero-order chi connectivity index (χ0) is 12.4. The van der Waals surface area contributed by atoms with Crippen molar-refractivity contribution in [1.82, 2.24) is 4.98 Å². The minimum Gasteiger partial charge on any atom is -0.323 e. The second-order valence-electron chi connectivity index (χ2n) is 4.17. The molecule has 0 amide bonds. The van der Waals surface area contributed by atoms with E-state index in [9.17, 15) is 0 Å². The largest absolute Gasteiger partial charge is 0.323 e. The summed E-state index contributed by atoms with van der Waals surface area (Å²) in [4.78, 5) is 6.94. The molecule has 17 heavy (non-hydrogen) atoms. The van der Waals surface area contributed by atoms with E-state index in [4.69, 9.17) is 5.73 Å². The Hall–Kier alpha value is -0.710. The van der Waals surface area contributed by atoms with Crippen molar-refractivity contribution in [2.75, 3.05) is 0 Å². The third-order valence-corrected chi connectivity index (χ3v) is 4.52. The van der Waals surface area contributed by atoms with Crippen molar-refractivity contribution in [2.45, 2.75) is 26.3 Å². The maximum atomic E-state index is 6.21. The smallest absolute Gasteiger partial charge is 0.0445 e. The SMILES string of the molecule is Cc1cc(C(N)Cc2ccc(Br)cn2)sc1C. The molecule has 90 valence electrons. The molecular formula is C13H15BrN2S. The Kier molecular flexibility index (Phi) is 3.97. The van der Waals surface area contributed by atoms with Gasteiger partial charge in [0.05, 0.1) is 0 Å². The van der Waals surface area contributed by atoms with Gasteiger partial charge in [-0.1, -0.05) is 0 Å². The highest BCUT2D eigenvalue weighted by atomic mass is 79.9. The lowest BCUT2D eigenvalue weighted by Crippen LogP contribution is -2.12. The molecule has 1 unspecified atom stereocenters. The fourth-order valence-electron chi connectivity index (χ4n) is 1.64. The van der Waals surface area contributed by atoms with Crippen LogP contribution in [0.1, 0.15) is 27.1 Å². The van der Waals surface area contributed by atoms with E-state index in [2.05, 4.69) is 40.8 Å². The van der Waals surface area contributed by atoms with E-state index in [1.807, 2.05) is 18.3 Å². The average molecular weight is 311 g/mol. The van der Waals surface area contributed by atoms with Crippen LogP contribution in [-0.4, -0.2) is 4.98 Å². The van der Waals surface area contributed by atoms with E-state index in [0.29, 0.717) is 0 Å². The summed E-state index contributed by atoms with van der Waals surface area (Å²) in [5.41, 5.74) is 8.56. The average Bonchev–Trinajstić information content (AvgIpc) is 2.63. The molecule has 0 aliphatic heterocycles. The lowest BCUT2D eigenvalue weighted by molar-refractivity contribution is 0.719. The molecule has 0 bridgehead atoms. The number of hydrogen-bond acceptors (Lipinski definition) is 3. The van der Waals surface area contributed by atoms with Gasteiger partial charge in [-0.15, -0.1) is 11.3 Å². The Labute approximate surface area is 114 Å². The molecule has 0 spiro atoms. The van der Waals surface area contributed by atoms with Crippen LogP contribution in [0.2, 0.25) is 0 Å². The van der Waals surface area contributed by atoms with Gasteiger partial charge in [-0.2, -0.15) is 0 Å². The summed E-state index contributed by atoms with van der Waals surface area (Å²) in [5, 5.41) is 0. The highest BCUT2D eigenvalue weighted by molar-refractivity contribution is 9.10. The first kappa shape index (κ1) is 12.7. The second-order valence-corrected chi connectivity index (χ2v) is 6.37. The predicted molar refractivity (Wildman–Crippen MR) is 76.4 cm³/mol. The lowest BCUT2D eigenvalue weighted by Gasteiger charge is -2.08. The highest BCUT2D eigenvalue weighted by Crippen LogP contribution is 2.27. The predicted octanol–water partition coefficient (Wildman–Crippen LogP) is 3.76. The van der Waals surface area contributed by atoms with Crippen molar-refractivity contribution in [3.63, 3.8) is 0 Å². The monoisotopic (exact) mass is 310 g/mol. The van der Waals surface area contributed by atoms with Crippen LogP contribution in [0.25, 0.3) is 0 Å². The van der Waals surface area contributed by atoms with E-state index in [1.54, 1.807) is 11.3 Å². The molecule has 2 aromatic heterocycles. The van der Waals surface area contributed by atoms with Crippen LogP contribution < -0.4 is 5.73 Å². The number of aryl methyl sites for hydroxylation is 2. The first-order valence-electron chi connectivity index (χ1n) is 5.49. The first-order chi connectivity index (χ1) is 8.06. The molecule has 1 atom stereocenters. The van der Waals surface area contributed by atoms with Gasteiger partial charge in [-0.3, -0.25) is 4.98 Å². The van der Waals surface area contributed by atoms with E-state index in [1.165, 1.54) is 15.3 Å². The van der Waals surface area contributed by atoms with Crippen molar-refractivity contribution < 1.29 is 0 Å². The molecule has 2 N–H and O–H groups in total. The molecule has 0 aromatic carbocycles. The van der Waals surface area contributed by atoms with Gasteiger partial charge >= 0.3 is 0 Å². The molecule has 0 aliphatic carbocycles. The maximum Gasteiger partial charge on any atom is 0.0445 e. The molecule has 2 heterocycles. The molecule has 2 aromatic rings. The molecule has 0 radical (unpaired) electrons. The topological polar surface area (TPSA) is 38.9 Å². The number of halogens is 1. The number of thiophene rings is 1. The van der Waals surface area contributed by atoms with Crippen LogP contribution in [0.15, 0.2) is 28.9 Å². The minimum atomic E-state index is 0.0427. The van der Waals surface area contributed by atoms with E-state index in [-0.39, 0.29) is 6.04 Å². The molecule has 0 saturated heterocycles. The Morgan fingerprint density at radius 1 is 1.41 bits per heavy atom. The van der Waals surface area contributed by atoms with Gasteiger partial charge in [0.1, 0.15) is 0 Å². The van der Waals surface area contributed by atoms with Crippen LogP contribution in [0.5, 0.6) is 0 Å². The molecule has 2 rings (SSSR count). The molecule has 0 saturated carbocycles. The van der Waals surface area contributed by atoms with Crippen LogP contribution in [0, 0.1) is 13.8 Å². The first-order valence-corrected chi connectivity index (χ1v) is 7.10. The summed E-state index contributed by atoms with van der Waals surface area (Å²) in [6.45, 7) is 4.26. The maximum absolute atomic E-state index is 6.21. The Morgan fingerprint density at radius 3 is 2.71 bits per heavy atom. The van der Waals surface area contributed by atoms with Gasteiger partial charge in [0.25, 0.3) is 0 Å². The number of hydrogen-bond donors (Lipinski definition) is 1. The number of nitrogens with two attached hydrogens (primary N) is 1. The summed E-state index contributed by atoms with van der Waals surface area (Å²) in [6, 6.07) is 6.24. The Bertz CT molecular complexity index is 485. The zero-order valence-electron chi connectivity index (χ0n) is 9.90. The third kappa shape index (κ3) is 3.15. The van der Waals surface area contributed by atoms with Gasteiger partial charge in [0, 0.05) is 38.6 Å². The van der Waals surface area contributed by atoms with Gasteiger partial charge in [0.15, 0.2) is 0 Å². The van der Waals surface area contributed by atoms with Crippen LogP contribution in [0.3, 0.4) is 0 Å². The summed E-state index contributed by atoms with van der Waals surface area (Å²) < 4.78 is 0.998. The van der Waals surface area contributed by atoms with Gasteiger partial charge in [-0.25, -0.2) is 0 Å². The van der Waals surface area contributed by atoms with Crippen molar-refractivity contribution >= 4 is 27.3 Å². The fraction of sp³-hybridized carbons (Fsp3) is 0.308. The van der Waals surface area contributed by atoms with E-state index >= 15 is 0 Å². The minimum absolute atomic E-state index is 0.0427.